The van der Waals surface area contributed by atoms with Crippen molar-refractivity contribution in [2.24, 2.45) is 10.9 Å². The van der Waals surface area contributed by atoms with Crippen LogP contribution < -0.4 is 0 Å². The van der Waals surface area contributed by atoms with Crippen LogP contribution in [0, 0.1) is 5.92 Å². The van der Waals surface area contributed by atoms with Crippen LogP contribution >= 0.6 is 0 Å². The average molecular weight is 189 g/mol. The first kappa shape index (κ1) is 9.41. The predicted molar refractivity (Wildman–Crippen MR) is 57.6 cm³/mol. The lowest BCUT2D eigenvalue weighted by atomic mass is 9.98. The molecular weight excluding hydrogens is 174 g/mol. The zero-order valence-electron chi connectivity index (χ0n) is 8.60. The van der Waals surface area contributed by atoms with Crippen molar-refractivity contribution in [3.63, 3.8) is 0 Å². The van der Waals surface area contributed by atoms with Gasteiger partial charge in [0.15, 0.2) is 0 Å². The second-order valence-electron chi connectivity index (χ2n) is 3.71. The topological polar surface area (TPSA) is 21.6 Å². The lowest BCUT2D eigenvalue weighted by Crippen LogP contribution is -2.28. The number of hydrogen-bond donors (Lipinski definition) is 0. The van der Waals surface area contributed by atoms with Gasteiger partial charge < -0.3 is 4.74 Å². The highest BCUT2D eigenvalue weighted by atomic mass is 16.5. The van der Waals surface area contributed by atoms with E-state index in [1.165, 1.54) is 11.3 Å². The Kier molecular flexibility index (Phi) is 2.64. The third kappa shape index (κ3) is 1.85. The molecule has 74 valence electrons. The highest BCUT2D eigenvalue weighted by Crippen LogP contribution is 2.17. The Bertz CT molecular complexity index is 331. The predicted octanol–water partition coefficient (Wildman–Crippen LogP) is 2.49. The quantitative estimate of drug-likeness (QED) is 0.665. The first-order valence-electron chi connectivity index (χ1n) is 5.02. The standard InChI is InChI=1S/C12H15NO/c1-9-8-14-10(2)13-12(9)11-6-4-3-5-7-11/h3-7,9-10H,8H2,1-2H3. The molecule has 0 aliphatic carbocycles. The van der Waals surface area contributed by atoms with Gasteiger partial charge in [0.05, 0.1) is 12.3 Å². The second kappa shape index (κ2) is 3.93. The molecular formula is C12H15NO. The molecule has 0 radical (unpaired) electrons. The van der Waals surface area contributed by atoms with Crippen molar-refractivity contribution >= 4 is 5.71 Å². The number of ether oxygens (including phenoxy) is 1. The molecule has 2 nitrogen and oxygen atoms in total. The Morgan fingerprint density at radius 2 is 1.93 bits per heavy atom. The van der Waals surface area contributed by atoms with Crippen LogP contribution in [0.4, 0.5) is 0 Å². The smallest absolute Gasteiger partial charge is 0.145 e. The highest BCUT2D eigenvalue weighted by molar-refractivity contribution is 6.02. The van der Waals surface area contributed by atoms with Gasteiger partial charge in [-0.05, 0) is 12.5 Å². The van der Waals surface area contributed by atoms with Gasteiger partial charge in [-0.3, -0.25) is 4.99 Å². The van der Waals surface area contributed by atoms with Crippen LogP contribution in [0.1, 0.15) is 19.4 Å². The summed E-state index contributed by atoms with van der Waals surface area (Å²) >= 11 is 0. The third-order valence-corrected chi connectivity index (χ3v) is 2.44. The van der Waals surface area contributed by atoms with E-state index < -0.39 is 0 Å². The molecule has 2 rings (SSSR count). The average Bonchev–Trinajstić information content (AvgIpc) is 2.23. The normalized spacial score (nSPS) is 27.1. The SMILES string of the molecule is CC1N=C(c2ccccc2)C(C)CO1. The van der Waals surface area contributed by atoms with E-state index in [9.17, 15) is 0 Å². The summed E-state index contributed by atoms with van der Waals surface area (Å²) in [5.41, 5.74) is 2.39. The second-order valence-corrected chi connectivity index (χ2v) is 3.71. The molecule has 2 heteroatoms. The van der Waals surface area contributed by atoms with Gasteiger partial charge in [0.1, 0.15) is 6.23 Å². The summed E-state index contributed by atoms with van der Waals surface area (Å²) in [7, 11) is 0. The van der Waals surface area contributed by atoms with E-state index in [0.717, 1.165) is 6.61 Å². The number of benzene rings is 1. The molecule has 0 spiro atoms. The van der Waals surface area contributed by atoms with Crippen LogP contribution in [-0.4, -0.2) is 18.5 Å². The highest BCUT2D eigenvalue weighted by Gasteiger charge is 2.19. The van der Waals surface area contributed by atoms with Crippen LogP contribution in [0.3, 0.4) is 0 Å². The van der Waals surface area contributed by atoms with Crippen molar-refractivity contribution in [2.45, 2.75) is 20.1 Å². The molecule has 0 fully saturated rings. The first-order chi connectivity index (χ1) is 6.77. The van der Waals surface area contributed by atoms with Crippen molar-refractivity contribution < 1.29 is 4.74 Å². The van der Waals surface area contributed by atoms with Crippen molar-refractivity contribution in [2.75, 3.05) is 6.61 Å². The van der Waals surface area contributed by atoms with Gasteiger partial charge in [-0.2, -0.15) is 0 Å². The van der Waals surface area contributed by atoms with Gasteiger partial charge in [-0.15, -0.1) is 0 Å². The van der Waals surface area contributed by atoms with Gasteiger partial charge in [0.2, 0.25) is 0 Å². The molecule has 1 aliphatic rings. The minimum atomic E-state index is 0.00130. The molecule has 14 heavy (non-hydrogen) atoms. The molecule has 1 heterocycles. The van der Waals surface area contributed by atoms with Crippen LogP contribution in [0.2, 0.25) is 0 Å². The fraction of sp³-hybridized carbons (Fsp3) is 0.417. The van der Waals surface area contributed by atoms with Crippen LogP contribution in [0.5, 0.6) is 0 Å². The van der Waals surface area contributed by atoms with Crippen molar-refractivity contribution in [3.05, 3.63) is 35.9 Å². The summed E-state index contributed by atoms with van der Waals surface area (Å²) in [6, 6.07) is 10.3. The number of hydrogen-bond acceptors (Lipinski definition) is 2. The van der Waals surface area contributed by atoms with E-state index in [-0.39, 0.29) is 6.23 Å². The monoisotopic (exact) mass is 189 g/mol. The van der Waals surface area contributed by atoms with Crippen LogP contribution in [-0.2, 0) is 4.74 Å². The maximum atomic E-state index is 5.45. The van der Waals surface area contributed by atoms with Crippen molar-refractivity contribution in [3.8, 4) is 0 Å². The Morgan fingerprint density at radius 1 is 1.21 bits per heavy atom. The van der Waals surface area contributed by atoms with Crippen molar-refractivity contribution in [1.29, 1.82) is 0 Å². The molecule has 0 saturated heterocycles. The molecule has 2 atom stereocenters. The lowest BCUT2D eigenvalue weighted by molar-refractivity contribution is 0.0505. The third-order valence-electron chi connectivity index (χ3n) is 2.44. The van der Waals surface area contributed by atoms with E-state index in [4.69, 9.17) is 4.74 Å². The van der Waals surface area contributed by atoms with E-state index in [1.807, 2.05) is 25.1 Å². The Labute approximate surface area is 84.6 Å². The Morgan fingerprint density at radius 3 is 2.64 bits per heavy atom. The molecule has 0 saturated carbocycles. The van der Waals surface area contributed by atoms with Gasteiger partial charge >= 0.3 is 0 Å². The zero-order valence-corrected chi connectivity index (χ0v) is 8.60. The first-order valence-corrected chi connectivity index (χ1v) is 5.02. The maximum absolute atomic E-state index is 5.45. The number of aliphatic imine (C=N–C) groups is 1. The molecule has 0 amide bonds. The Balaban J connectivity index is 2.33. The minimum Gasteiger partial charge on any atom is -0.356 e. The summed E-state index contributed by atoms with van der Waals surface area (Å²) in [6.07, 6.45) is 0.00130. The molecule has 0 aromatic heterocycles. The van der Waals surface area contributed by atoms with Gasteiger partial charge in [0.25, 0.3) is 0 Å². The molecule has 2 unspecified atom stereocenters. The fourth-order valence-corrected chi connectivity index (χ4v) is 1.69. The molecule has 1 aromatic rings. The molecule has 0 bridgehead atoms. The number of nitrogens with zero attached hydrogens (tertiary/aromatic N) is 1. The van der Waals surface area contributed by atoms with E-state index >= 15 is 0 Å². The number of rotatable bonds is 1. The van der Waals surface area contributed by atoms with Crippen LogP contribution in [0.25, 0.3) is 0 Å². The summed E-state index contributed by atoms with van der Waals surface area (Å²) in [5, 5.41) is 0. The lowest BCUT2D eigenvalue weighted by Gasteiger charge is -2.24. The minimum absolute atomic E-state index is 0.00130. The maximum Gasteiger partial charge on any atom is 0.145 e. The largest absolute Gasteiger partial charge is 0.356 e. The molecule has 1 aromatic carbocycles. The van der Waals surface area contributed by atoms with Gasteiger partial charge in [-0.1, -0.05) is 37.3 Å². The van der Waals surface area contributed by atoms with Gasteiger partial charge in [-0.25, -0.2) is 0 Å². The summed E-state index contributed by atoms with van der Waals surface area (Å²) in [5.74, 6) is 0.397. The van der Waals surface area contributed by atoms with Gasteiger partial charge in [0, 0.05) is 5.92 Å². The fourth-order valence-electron chi connectivity index (χ4n) is 1.69. The summed E-state index contributed by atoms with van der Waals surface area (Å²) < 4.78 is 5.45. The Hall–Kier alpha value is -1.15. The van der Waals surface area contributed by atoms with E-state index in [1.54, 1.807) is 0 Å². The molecule has 0 N–H and O–H groups in total. The van der Waals surface area contributed by atoms with E-state index in [0.29, 0.717) is 5.92 Å². The summed E-state index contributed by atoms with van der Waals surface area (Å²) in [4.78, 5) is 4.53. The zero-order chi connectivity index (χ0) is 9.97. The van der Waals surface area contributed by atoms with Crippen LogP contribution in [0.15, 0.2) is 35.3 Å². The van der Waals surface area contributed by atoms with E-state index in [2.05, 4.69) is 24.0 Å². The molecule has 1 aliphatic heterocycles. The summed E-state index contributed by atoms with van der Waals surface area (Å²) in [6.45, 7) is 4.90. The van der Waals surface area contributed by atoms with Crippen molar-refractivity contribution in [1.82, 2.24) is 0 Å².